The summed E-state index contributed by atoms with van der Waals surface area (Å²) < 4.78 is 15.2. The van der Waals surface area contributed by atoms with Crippen molar-refractivity contribution in [2.45, 2.75) is 25.9 Å². The second-order valence-electron chi connectivity index (χ2n) is 5.97. The van der Waals surface area contributed by atoms with Crippen molar-refractivity contribution < 1.29 is 28.6 Å². The minimum atomic E-state index is -1.46. The molecular weight excluding hydrogens is 324 g/mol. The zero-order chi connectivity index (χ0) is 18.4. The predicted molar refractivity (Wildman–Crippen MR) is 89.6 cm³/mol. The van der Waals surface area contributed by atoms with Gasteiger partial charge in [-0.2, -0.15) is 0 Å². The summed E-state index contributed by atoms with van der Waals surface area (Å²) in [6, 6.07) is 8.57. The number of benzene rings is 1. The smallest absolute Gasteiger partial charge is 0.338 e. The number of carbonyl (C=O) groups excluding carboxylic acids is 3. The lowest BCUT2D eigenvalue weighted by Gasteiger charge is -2.22. The van der Waals surface area contributed by atoms with Crippen molar-refractivity contribution in [2.75, 3.05) is 14.2 Å². The SMILES string of the molecule is C/C=C/[C@@H]1CC(C(=O)OC)(C(=O)OC)C[C@H]1OC(=O)c1ccccc1. The summed E-state index contributed by atoms with van der Waals surface area (Å²) in [5.41, 5.74) is -1.05. The average Bonchev–Trinajstić information content (AvgIpc) is 3.00. The van der Waals surface area contributed by atoms with E-state index in [1.165, 1.54) is 14.2 Å². The molecule has 0 unspecified atom stereocenters. The Kier molecular flexibility index (Phi) is 5.96. The van der Waals surface area contributed by atoms with Crippen molar-refractivity contribution in [3.63, 3.8) is 0 Å². The Bertz CT molecular complexity index is 648. The van der Waals surface area contributed by atoms with Crippen LogP contribution >= 0.6 is 0 Å². The van der Waals surface area contributed by atoms with E-state index >= 15 is 0 Å². The van der Waals surface area contributed by atoms with Crippen molar-refractivity contribution in [1.29, 1.82) is 0 Å². The first-order valence-corrected chi connectivity index (χ1v) is 8.04. The summed E-state index contributed by atoms with van der Waals surface area (Å²) in [5, 5.41) is 0. The van der Waals surface area contributed by atoms with Crippen molar-refractivity contribution in [3.05, 3.63) is 48.0 Å². The highest BCUT2D eigenvalue weighted by Crippen LogP contribution is 2.46. The molecule has 0 N–H and O–H groups in total. The van der Waals surface area contributed by atoms with Crippen LogP contribution in [0.2, 0.25) is 0 Å². The van der Waals surface area contributed by atoms with E-state index in [9.17, 15) is 14.4 Å². The van der Waals surface area contributed by atoms with Crippen LogP contribution in [0.5, 0.6) is 0 Å². The van der Waals surface area contributed by atoms with Gasteiger partial charge in [0.1, 0.15) is 6.10 Å². The largest absolute Gasteiger partial charge is 0.468 e. The van der Waals surface area contributed by atoms with E-state index in [1.54, 1.807) is 36.4 Å². The van der Waals surface area contributed by atoms with E-state index in [1.807, 2.05) is 13.0 Å². The molecule has 1 aliphatic rings. The van der Waals surface area contributed by atoms with E-state index in [4.69, 9.17) is 14.2 Å². The Labute approximate surface area is 146 Å². The second-order valence-corrected chi connectivity index (χ2v) is 5.97. The van der Waals surface area contributed by atoms with Gasteiger partial charge in [0.2, 0.25) is 0 Å². The lowest BCUT2D eigenvalue weighted by molar-refractivity contribution is -0.169. The molecule has 0 spiro atoms. The van der Waals surface area contributed by atoms with Crippen LogP contribution in [-0.4, -0.2) is 38.2 Å². The molecule has 0 saturated heterocycles. The van der Waals surface area contributed by atoms with E-state index in [2.05, 4.69) is 0 Å². The van der Waals surface area contributed by atoms with Gasteiger partial charge in [-0.25, -0.2) is 4.79 Å². The summed E-state index contributed by atoms with van der Waals surface area (Å²) >= 11 is 0. The molecule has 1 aliphatic carbocycles. The highest BCUT2D eigenvalue weighted by Gasteiger charge is 2.58. The predicted octanol–water partition coefficient (Wildman–Crippen LogP) is 2.53. The molecule has 0 aliphatic heterocycles. The molecule has 0 aromatic heterocycles. The Morgan fingerprint density at radius 1 is 1.04 bits per heavy atom. The molecular formula is C19H22O6. The van der Waals surface area contributed by atoms with Gasteiger partial charge in [-0.15, -0.1) is 0 Å². The molecule has 0 radical (unpaired) electrons. The van der Waals surface area contributed by atoms with E-state index < -0.39 is 29.4 Å². The first-order chi connectivity index (χ1) is 12.0. The first kappa shape index (κ1) is 18.7. The normalized spacial score (nSPS) is 21.7. The van der Waals surface area contributed by atoms with E-state index in [0.717, 1.165) is 0 Å². The molecule has 1 aromatic rings. The van der Waals surface area contributed by atoms with Crippen molar-refractivity contribution in [3.8, 4) is 0 Å². The maximum Gasteiger partial charge on any atom is 0.338 e. The molecule has 25 heavy (non-hydrogen) atoms. The van der Waals surface area contributed by atoms with E-state index in [0.29, 0.717) is 5.56 Å². The lowest BCUT2D eigenvalue weighted by Crippen LogP contribution is -2.39. The van der Waals surface area contributed by atoms with Crippen LogP contribution in [0.1, 0.15) is 30.1 Å². The number of hydrogen-bond acceptors (Lipinski definition) is 6. The van der Waals surface area contributed by atoms with Crippen LogP contribution < -0.4 is 0 Å². The van der Waals surface area contributed by atoms with Crippen LogP contribution in [0.15, 0.2) is 42.5 Å². The fourth-order valence-electron chi connectivity index (χ4n) is 3.27. The molecule has 2 rings (SSSR count). The highest BCUT2D eigenvalue weighted by atomic mass is 16.6. The second kappa shape index (κ2) is 7.96. The number of rotatable bonds is 5. The van der Waals surface area contributed by atoms with Crippen molar-refractivity contribution in [1.82, 2.24) is 0 Å². The molecule has 2 atom stereocenters. The van der Waals surface area contributed by atoms with Gasteiger partial charge in [0, 0.05) is 12.3 Å². The molecule has 134 valence electrons. The fourth-order valence-corrected chi connectivity index (χ4v) is 3.27. The van der Waals surface area contributed by atoms with Gasteiger partial charge in [-0.3, -0.25) is 9.59 Å². The van der Waals surface area contributed by atoms with Crippen molar-refractivity contribution >= 4 is 17.9 Å². The molecule has 1 aromatic carbocycles. The summed E-state index contributed by atoms with van der Waals surface area (Å²) in [6.45, 7) is 1.83. The number of esters is 3. The minimum absolute atomic E-state index is 0.0277. The molecule has 0 bridgehead atoms. The first-order valence-electron chi connectivity index (χ1n) is 8.04. The lowest BCUT2D eigenvalue weighted by atomic mass is 9.85. The molecule has 0 amide bonds. The Balaban J connectivity index is 2.28. The van der Waals surface area contributed by atoms with Gasteiger partial charge in [-0.1, -0.05) is 30.4 Å². The zero-order valence-corrected chi connectivity index (χ0v) is 14.6. The summed E-state index contributed by atoms with van der Waals surface area (Å²) in [4.78, 5) is 37.0. The Hall–Kier alpha value is -2.63. The number of carbonyl (C=O) groups is 3. The van der Waals surface area contributed by atoms with Gasteiger partial charge in [0.15, 0.2) is 5.41 Å². The molecule has 0 heterocycles. The quantitative estimate of drug-likeness (QED) is 0.353. The Morgan fingerprint density at radius 3 is 2.16 bits per heavy atom. The molecule has 1 fully saturated rings. The maximum absolute atomic E-state index is 12.4. The Morgan fingerprint density at radius 2 is 1.64 bits per heavy atom. The highest BCUT2D eigenvalue weighted by molar-refractivity contribution is 6.00. The number of allylic oxidation sites excluding steroid dienone is 1. The summed E-state index contributed by atoms with van der Waals surface area (Å²) in [6.07, 6.45) is 3.21. The van der Waals surface area contributed by atoms with Gasteiger partial charge in [-0.05, 0) is 25.5 Å². The van der Waals surface area contributed by atoms with Crippen LogP contribution in [0, 0.1) is 11.3 Å². The molecule has 6 heteroatoms. The van der Waals surface area contributed by atoms with E-state index in [-0.39, 0.29) is 18.8 Å². The van der Waals surface area contributed by atoms with Crippen molar-refractivity contribution in [2.24, 2.45) is 11.3 Å². The third kappa shape index (κ3) is 3.73. The standard InChI is InChI=1S/C19H22O6/c1-4-8-14-11-19(17(21)23-2,18(22)24-3)12-15(14)25-16(20)13-9-6-5-7-10-13/h4-10,14-15H,11-12H2,1-3H3/b8-4+/t14-,15-/m1/s1. The summed E-state index contributed by atoms with van der Waals surface area (Å²) in [5.74, 6) is -2.12. The number of ether oxygens (including phenoxy) is 3. The van der Waals surface area contributed by atoms with Crippen LogP contribution in [0.25, 0.3) is 0 Å². The van der Waals surface area contributed by atoms with Crippen LogP contribution in [-0.2, 0) is 23.8 Å². The van der Waals surface area contributed by atoms with Gasteiger partial charge < -0.3 is 14.2 Å². The zero-order valence-electron chi connectivity index (χ0n) is 14.6. The average molecular weight is 346 g/mol. The maximum atomic E-state index is 12.4. The monoisotopic (exact) mass is 346 g/mol. The third-order valence-electron chi connectivity index (χ3n) is 4.47. The minimum Gasteiger partial charge on any atom is -0.468 e. The molecule has 1 saturated carbocycles. The van der Waals surface area contributed by atoms with Gasteiger partial charge >= 0.3 is 17.9 Å². The van der Waals surface area contributed by atoms with Gasteiger partial charge in [0.05, 0.1) is 19.8 Å². The molecule has 6 nitrogen and oxygen atoms in total. The van der Waals surface area contributed by atoms with Crippen LogP contribution in [0.4, 0.5) is 0 Å². The van der Waals surface area contributed by atoms with Crippen LogP contribution in [0.3, 0.4) is 0 Å². The topological polar surface area (TPSA) is 78.9 Å². The van der Waals surface area contributed by atoms with Gasteiger partial charge in [0.25, 0.3) is 0 Å². The number of methoxy groups -OCH3 is 2. The fraction of sp³-hybridized carbons (Fsp3) is 0.421. The summed E-state index contributed by atoms with van der Waals surface area (Å²) in [7, 11) is 2.45. The number of hydrogen-bond donors (Lipinski definition) is 0. The third-order valence-corrected chi connectivity index (χ3v) is 4.47.